The molecule has 8 heteroatoms. The zero-order chi connectivity index (χ0) is 20.4. The topological polar surface area (TPSA) is 59.2 Å². The molecule has 0 unspecified atom stereocenters. The molecule has 5 nitrogen and oxygen atoms in total. The number of benzene rings is 1. The fourth-order valence-corrected chi connectivity index (χ4v) is 3.67. The van der Waals surface area contributed by atoms with Crippen LogP contribution in [0.1, 0.15) is 40.7 Å². The van der Waals surface area contributed by atoms with Crippen molar-refractivity contribution < 1.29 is 22.5 Å². The van der Waals surface area contributed by atoms with Gasteiger partial charge in [0.25, 0.3) is 5.91 Å². The van der Waals surface area contributed by atoms with E-state index >= 15 is 0 Å². The van der Waals surface area contributed by atoms with Gasteiger partial charge in [-0.25, -0.2) is 0 Å². The number of fused-ring (bicyclic) bond motifs is 1. The van der Waals surface area contributed by atoms with E-state index in [1.165, 1.54) is 12.3 Å². The number of hydrogen-bond donors (Lipinski definition) is 0. The molecular formula is C21H18F3N3O2. The number of carbonyl (C=O) groups excluding carboxylic acids is 1. The van der Waals surface area contributed by atoms with Crippen LogP contribution < -0.4 is 0 Å². The smallest absolute Gasteiger partial charge is 0.350 e. The van der Waals surface area contributed by atoms with Crippen LogP contribution in [0.25, 0.3) is 11.3 Å². The van der Waals surface area contributed by atoms with E-state index in [2.05, 4.69) is 10.1 Å². The molecular weight excluding hydrogens is 383 g/mol. The number of alkyl halides is 3. The van der Waals surface area contributed by atoms with Gasteiger partial charge in [0, 0.05) is 17.8 Å². The van der Waals surface area contributed by atoms with Crippen molar-refractivity contribution in [3.63, 3.8) is 0 Å². The second-order valence-electron chi connectivity index (χ2n) is 6.95. The molecule has 0 bridgehead atoms. The lowest BCUT2D eigenvalue weighted by molar-refractivity contribution is -0.145. The highest BCUT2D eigenvalue weighted by Gasteiger charge is 2.40. The van der Waals surface area contributed by atoms with E-state index in [1.807, 2.05) is 12.1 Å². The number of amides is 1. The quantitative estimate of drug-likeness (QED) is 0.629. The predicted octanol–water partition coefficient (Wildman–Crippen LogP) is 4.82. The van der Waals surface area contributed by atoms with Gasteiger partial charge in [-0.2, -0.15) is 13.2 Å². The van der Waals surface area contributed by atoms with E-state index in [0.717, 1.165) is 16.9 Å². The van der Waals surface area contributed by atoms with Crippen LogP contribution in [0.4, 0.5) is 13.2 Å². The molecule has 150 valence electrons. The van der Waals surface area contributed by atoms with Gasteiger partial charge in [0.1, 0.15) is 12.2 Å². The van der Waals surface area contributed by atoms with Crippen LogP contribution >= 0.6 is 0 Å². The van der Waals surface area contributed by atoms with Crippen molar-refractivity contribution in [3.05, 3.63) is 71.7 Å². The average molecular weight is 401 g/mol. The second kappa shape index (κ2) is 7.69. The molecule has 29 heavy (non-hydrogen) atoms. The molecule has 4 rings (SSSR count). The number of hydrogen-bond acceptors (Lipinski definition) is 4. The normalized spacial score (nSPS) is 16.3. The van der Waals surface area contributed by atoms with Crippen molar-refractivity contribution in [2.45, 2.75) is 31.5 Å². The van der Waals surface area contributed by atoms with Crippen LogP contribution in [-0.4, -0.2) is 33.7 Å². The van der Waals surface area contributed by atoms with Gasteiger partial charge in [-0.3, -0.25) is 9.78 Å². The second-order valence-corrected chi connectivity index (χ2v) is 6.95. The van der Waals surface area contributed by atoms with Gasteiger partial charge < -0.3 is 9.42 Å². The molecule has 0 radical (unpaired) electrons. The largest absolute Gasteiger partial charge is 0.406 e. The van der Waals surface area contributed by atoms with Crippen LogP contribution in [0.3, 0.4) is 0 Å². The Hall–Kier alpha value is -3.16. The van der Waals surface area contributed by atoms with E-state index in [1.54, 1.807) is 30.3 Å². The monoisotopic (exact) mass is 401 g/mol. The summed E-state index contributed by atoms with van der Waals surface area (Å²) in [6.07, 6.45) is -1.20. The van der Waals surface area contributed by atoms with Crippen molar-refractivity contribution in [1.29, 1.82) is 0 Å². The Bertz CT molecular complexity index is 1000. The van der Waals surface area contributed by atoms with Crippen molar-refractivity contribution in [2.24, 2.45) is 0 Å². The van der Waals surface area contributed by atoms with Gasteiger partial charge in [0.05, 0.1) is 11.7 Å². The third kappa shape index (κ3) is 4.16. The van der Waals surface area contributed by atoms with Gasteiger partial charge in [0.15, 0.2) is 0 Å². The van der Waals surface area contributed by atoms with E-state index in [0.29, 0.717) is 29.8 Å². The molecule has 1 aliphatic carbocycles. The molecule has 1 amide bonds. The molecule has 0 aliphatic heterocycles. The Morgan fingerprint density at radius 3 is 2.72 bits per heavy atom. The van der Waals surface area contributed by atoms with Crippen LogP contribution in [0.15, 0.2) is 59.3 Å². The molecule has 2 aromatic heterocycles. The van der Waals surface area contributed by atoms with E-state index in [4.69, 9.17) is 4.52 Å². The molecule has 1 atom stereocenters. The highest BCUT2D eigenvalue weighted by molar-refractivity contribution is 5.92. The molecule has 0 saturated heterocycles. The van der Waals surface area contributed by atoms with Crippen molar-refractivity contribution in [3.8, 4) is 11.3 Å². The fourth-order valence-electron chi connectivity index (χ4n) is 3.67. The number of carbonyl (C=O) groups is 1. The molecule has 0 saturated carbocycles. The maximum absolute atomic E-state index is 13.3. The minimum absolute atomic E-state index is 0.226. The van der Waals surface area contributed by atoms with E-state index in [-0.39, 0.29) is 5.76 Å². The summed E-state index contributed by atoms with van der Waals surface area (Å²) in [6.45, 7) is -1.38. The fraction of sp³-hybridized carbons (Fsp3) is 0.286. The highest BCUT2D eigenvalue weighted by atomic mass is 19.4. The van der Waals surface area contributed by atoms with Gasteiger partial charge >= 0.3 is 6.18 Å². The SMILES string of the molecule is O=C(c1cc(-c2ccccc2)no1)N(CC(F)(F)F)[C@@H]1CCCc2cccnc21. The van der Waals surface area contributed by atoms with Crippen LogP contribution in [0.2, 0.25) is 0 Å². The number of rotatable bonds is 4. The standard InChI is InChI=1S/C21H18F3N3O2/c22-21(23,24)13-27(17-10-4-8-15-9-5-11-25-19(15)17)20(28)18-12-16(26-29-18)14-6-2-1-3-7-14/h1-3,5-7,9,11-12,17H,4,8,10,13H2/t17-/m1/s1. The van der Waals surface area contributed by atoms with Gasteiger partial charge in [-0.15, -0.1) is 0 Å². The summed E-state index contributed by atoms with van der Waals surface area (Å²) >= 11 is 0. The Kier molecular flexibility index (Phi) is 5.08. The minimum Gasteiger partial charge on any atom is -0.350 e. The minimum atomic E-state index is -4.55. The van der Waals surface area contributed by atoms with Crippen LogP contribution in [0.5, 0.6) is 0 Å². The lowest BCUT2D eigenvalue weighted by Crippen LogP contribution is -2.42. The van der Waals surface area contributed by atoms with Crippen LogP contribution in [-0.2, 0) is 6.42 Å². The van der Waals surface area contributed by atoms with E-state index in [9.17, 15) is 18.0 Å². The van der Waals surface area contributed by atoms with Crippen molar-refractivity contribution in [2.75, 3.05) is 6.54 Å². The number of aryl methyl sites for hydroxylation is 1. The summed E-state index contributed by atoms with van der Waals surface area (Å²) in [5, 5.41) is 3.86. The zero-order valence-electron chi connectivity index (χ0n) is 15.4. The van der Waals surface area contributed by atoms with Gasteiger partial charge in [-0.05, 0) is 30.9 Å². The predicted molar refractivity (Wildman–Crippen MR) is 98.9 cm³/mol. The summed E-state index contributed by atoms with van der Waals surface area (Å²) in [7, 11) is 0. The molecule has 1 aliphatic rings. The summed E-state index contributed by atoms with van der Waals surface area (Å²) in [6, 6.07) is 13.2. The lowest BCUT2D eigenvalue weighted by Gasteiger charge is -2.34. The first-order valence-electron chi connectivity index (χ1n) is 9.26. The Balaban J connectivity index is 1.68. The molecule has 0 N–H and O–H groups in total. The molecule has 0 spiro atoms. The van der Waals surface area contributed by atoms with Crippen molar-refractivity contribution in [1.82, 2.24) is 15.0 Å². The third-order valence-corrected chi connectivity index (χ3v) is 4.94. The first-order valence-corrected chi connectivity index (χ1v) is 9.26. The van der Waals surface area contributed by atoms with Crippen LogP contribution in [0, 0.1) is 0 Å². The average Bonchev–Trinajstić information content (AvgIpc) is 3.21. The lowest BCUT2D eigenvalue weighted by atomic mass is 9.90. The Morgan fingerprint density at radius 1 is 1.17 bits per heavy atom. The maximum atomic E-state index is 13.3. The van der Waals surface area contributed by atoms with Gasteiger partial charge in [-0.1, -0.05) is 41.6 Å². The third-order valence-electron chi connectivity index (χ3n) is 4.94. The molecule has 3 aromatic rings. The molecule has 1 aromatic carbocycles. The number of pyridine rings is 1. The first-order chi connectivity index (χ1) is 13.9. The Morgan fingerprint density at radius 2 is 1.97 bits per heavy atom. The number of aromatic nitrogens is 2. The highest BCUT2D eigenvalue weighted by Crippen LogP contribution is 2.36. The number of nitrogens with zero attached hydrogens (tertiary/aromatic N) is 3. The summed E-state index contributed by atoms with van der Waals surface area (Å²) in [5.41, 5.74) is 2.48. The van der Waals surface area contributed by atoms with Crippen molar-refractivity contribution >= 4 is 5.91 Å². The summed E-state index contributed by atoms with van der Waals surface area (Å²) < 4.78 is 45.1. The van der Waals surface area contributed by atoms with Gasteiger partial charge in [0.2, 0.25) is 5.76 Å². The molecule has 0 fully saturated rings. The summed E-state index contributed by atoms with van der Waals surface area (Å²) in [4.78, 5) is 18.1. The van der Waals surface area contributed by atoms with E-state index < -0.39 is 24.7 Å². The maximum Gasteiger partial charge on any atom is 0.406 e. The first kappa shape index (κ1) is 19.2. The Labute approximate surface area is 165 Å². The summed E-state index contributed by atoms with van der Waals surface area (Å²) in [5.74, 6) is -1.07. The number of halogens is 3. The molecule has 2 heterocycles. The zero-order valence-corrected chi connectivity index (χ0v) is 15.4.